The number of ether oxygens (including phenoxy) is 1. The van der Waals surface area contributed by atoms with Crippen LogP contribution in [-0.4, -0.2) is 41.9 Å². The molecule has 7 nitrogen and oxygen atoms in total. The van der Waals surface area contributed by atoms with Crippen LogP contribution in [0.1, 0.15) is 38.9 Å². The molecule has 0 radical (unpaired) electrons. The molecular weight excluding hydrogens is 270 g/mol. The van der Waals surface area contributed by atoms with Gasteiger partial charge in [0.05, 0.1) is 6.10 Å². The summed E-state index contributed by atoms with van der Waals surface area (Å²) in [6.45, 7) is 9.42. The molecule has 0 aromatic carbocycles. The third kappa shape index (κ3) is 3.53. The Morgan fingerprint density at radius 1 is 1.52 bits per heavy atom. The third-order valence-corrected chi connectivity index (χ3v) is 4.07. The maximum absolute atomic E-state index is 5.47. The van der Waals surface area contributed by atoms with E-state index in [-0.39, 0.29) is 11.5 Å². The molecule has 0 amide bonds. The van der Waals surface area contributed by atoms with Crippen molar-refractivity contribution in [1.82, 2.24) is 20.8 Å². The summed E-state index contributed by atoms with van der Waals surface area (Å²) in [4.78, 5) is 8.65. The van der Waals surface area contributed by atoms with Gasteiger partial charge < -0.3 is 19.9 Å². The topological polar surface area (TPSA) is 84.6 Å². The SMILES string of the molecule is CCNC(=NCc1noc(C)n1)NC1CC(OC)C1(C)C. The molecule has 1 aromatic rings. The molecular formula is C14H25N5O2. The average Bonchev–Trinajstić information content (AvgIpc) is 2.85. The molecule has 118 valence electrons. The second-order valence-electron chi connectivity index (χ2n) is 5.90. The van der Waals surface area contributed by atoms with Crippen molar-refractivity contribution in [1.29, 1.82) is 0 Å². The van der Waals surface area contributed by atoms with Crippen LogP contribution in [-0.2, 0) is 11.3 Å². The van der Waals surface area contributed by atoms with Crippen LogP contribution in [0.4, 0.5) is 0 Å². The number of nitrogens with zero attached hydrogens (tertiary/aromatic N) is 3. The van der Waals surface area contributed by atoms with Crippen LogP contribution in [0.2, 0.25) is 0 Å². The first-order chi connectivity index (χ1) is 9.97. The van der Waals surface area contributed by atoms with E-state index in [0.29, 0.717) is 24.3 Å². The van der Waals surface area contributed by atoms with Crippen molar-refractivity contribution in [3.05, 3.63) is 11.7 Å². The number of aromatic nitrogens is 2. The fourth-order valence-electron chi connectivity index (χ4n) is 2.57. The molecule has 0 aliphatic heterocycles. The van der Waals surface area contributed by atoms with Gasteiger partial charge in [0.25, 0.3) is 0 Å². The molecule has 1 aromatic heterocycles. The van der Waals surface area contributed by atoms with Crippen LogP contribution in [0.25, 0.3) is 0 Å². The lowest BCUT2D eigenvalue weighted by Crippen LogP contribution is -2.63. The van der Waals surface area contributed by atoms with Gasteiger partial charge >= 0.3 is 0 Å². The average molecular weight is 295 g/mol. The number of aryl methyl sites for hydroxylation is 1. The summed E-state index contributed by atoms with van der Waals surface area (Å²) in [5, 5.41) is 10.5. The first-order valence-corrected chi connectivity index (χ1v) is 7.34. The van der Waals surface area contributed by atoms with Gasteiger partial charge in [0.15, 0.2) is 11.8 Å². The van der Waals surface area contributed by atoms with Gasteiger partial charge in [-0.25, -0.2) is 4.99 Å². The molecule has 7 heteroatoms. The van der Waals surface area contributed by atoms with Gasteiger partial charge in [-0.2, -0.15) is 4.98 Å². The van der Waals surface area contributed by atoms with Crippen molar-refractivity contribution < 1.29 is 9.26 Å². The number of aliphatic imine (C=N–C) groups is 1. The van der Waals surface area contributed by atoms with Crippen LogP contribution in [0.3, 0.4) is 0 Å². The van der Waals surface area contributed by atoms with Gasteiger partial charge in [0.2, 0.25) is 5.89 Å². The highest BCUT2D eigenvalue weighted by Gasteiger charge is 2.48. The van der Waals surface area contributed by atoms with Crippen molar-refractivity contribution in [2.75, 3.05) is 13.7 Å². The lowest BCUT2D eigenvalue weighted by Gasteiger charge is -2.51. The quantitative estimate of drug-likeness (QED) is 0.628. The zero-order valence-electron chi connectivity index (χ0n) is 13.4. The molecule has 2 N–H and O–H groups in total. The Kier molecular flexibility index (Phi) is 4.82. The minimum Gasteiger partial charge on any atom is -0.381 e. The standard InChI is InChI=1S/C14H25N5O2/c1-6-15-13(16-8-12-17-9(2)21-19-12)18-10-7-11(20-5)14(10,3)4/h10-11H,6-8H2,1-5H3,(H2,15,16,18). The number of guanidine groups is 1. The number of rotatable bonds is 5. The molecule has 0 spiro atoms. The number of methoxy groups -OCH3 is 1. The first kappa shape index (κ1) is 15.8. The van der Waals surface area contributed by atoms with E-state index in [4.69, 9.17) is 9.26 Å². The smallest absolute Gasteiger partial charge is 0.223 e. The first-order valence-electron chi connectivity index (χ1n) is 7.34. The van der Waals surface area contributed by atoms with Crippen molar-refractivity contribution in [3.63, 3.8) is 0 Å². The summed E-state index contributed by atoms with van der Waals surface area (Å²) in [6, 6.07) is 0.340. The fraction of sp³-hybridized carbons (Fsp3) is 0.786. The Morgan fingerprint density at radius 2 is 2.29 bits per heavy atom. The Balaban J connectivity index is 1.96. The summed E-state index contributed by atoms with van der Waals surface area (Å²) >= 11 is 0. The normalized spacial score (nSPS) is 24.5. The molecule has 1 heterocycles. The van der Waals surface area contributed by atoms with Gasteiger partial charge in [-0.1, -0.05) is 19.0 Å². The van der Waals surface area contributed by atoms with E-state index in [1.807, 2.05) is 6.92 Å². The minimum absolute atomic E-state index is 0.0909. The summed E-state index contributed by atoms with van der Waals surface area (Å²) < 4.78 is 10.4. The second-order valence-corrected chi connectivity index (χ2v) is 5.90. The molecule has 1 aliphatic carbocycles. The van der Waals surface area contributed by atoms with Gasteiger partial charge in [0.1, 0.15) is 6.54 Å². The molecule has 2 unspecified atom stereocenters. The van der Waals surface area contributed by atoms with Crippen LogP contribution in [0.5, 0.6) is 0 Å². The summed E-state index contributed by atoms with van der Waals surface area (Å²) in [5.74, 6) is 1.92. The summed E-state index contributed by atoms with van der Waals surface area (Å²) in [7, 11) is 1.76. The Labute approximate surface area is 125 Å². The summed E-state index contributed by atoms with van der Waals surface area (Å²) in [6.07, 6.45) is 1.27. The highest BCUT2D eigenvalue weighted by atomic mass is 16.5. The molecule has 1 saturated carbocycles. The minimum atomic E-state index is 0.0909. The zero-order chi connectivity index (χ0) is 15.5. The maximum Gasteiger partial charge on any atom is 0.223 e. The van der Waals surface area contributed by atoms with Crippen LogP contribution >= 0.6 is 0 Å². The van der Waals surface area contributed by atoms with E-state index in [1.165, 1.54) is 0 Å². The van der Waals surface area contributed by atoms with Crippen molar-refractivity contribution in [2.45, 2.75) is 52.8 Å². The van der Waals surface area contributed by atoms with Crippen molar-refractivity contribution in [2.24, 2.45) is 10.4 Å². The Hall–Kier alpha value is -1.63. The van der Waals surface area contributed by atoms with Crippen molar-refractivity contribution in [3.8, 4) is 0 Å². The van der Waals surface area contributed by atoms with Crippen LogP contribution in [0, 0.1) is 12.3 Å². The third-order valence-electron chi connectivity index (χ3n) is 4.07. The monoisotopic (exact) mass is 295 g/mol. The second kappa shape index (κ2) is 6.43. The summed E-state index contributed by atoms with van der Waals surface area (Å²) in [5.41, 5.74) is 0.0909. The van der Waals surface area contributed by atoms with E-state index >= 15 is 0 Å². The van der Waals surface area contributed by atoms with Gasteiger partial charge in [-0.15, -0.1) is 0 Å². The van der Waals surface area contributed by atoms with Crippen molar-refractivity contribution >= 4 is 5.96 Å². The van der Waals surface area contributed by atoms with Crippen LogP contribution < -0.4 is 10.6 Å². The predicted octanol–water partition coefficient (Wildman–Crippen LogP) is 1.25. The van der Waals surface area contributed by atoms with E-state index in [1.54, 1.807) is 14.0 Å². The highest BCUT2D eigenvalue weighted by Crippen LogP contribution is 2.42. The molecule has 0 bridgehead atoms. The predicted molar refractivity (Wildman–Crippen MR) is 80.0 cm³/mol. The Bertz CT molecular complexity index is 497. The molecule has 2 atom stereocenters. The maximum atomic E-state index is 5.47. The van der Waals surface area contributed by atoms with Gasteiger partial charge in [-0.05, 0) is 13.3 Å². The van der Waals surface area contributed by atoms with Crippen LogP contribution in [0.15, 0.2) is 9.52 Å². The van der Waals surface area contributed by atoms with Gasteiger partial charge in [0, 0.05) is 32.0 Å². The number of nitrogens with one attached hydrogen (secondary N) is 2. The molecule has 1 aliphatic rings. The van der Waals surface area contributed by atoms with Gasteiger partial charge in [-0.3, -0.25) is 0 Å². The lowest BCUT2D eigenvalue weighted by atomic mass is 9.64. The highest BCUT2D eigenvalue weighted by molar-refractivity contribution is 5.80. The molecule has 0 saturated heterocycles. The lowest BCUT2D eigenvalue weighted by molar-refractivity contribution is -0.0922. The molecule has 2 rings (SSSR count). The largest absolute Gasteiger partial charge is 0.381 e. The molecule has 1 fully saturated rings. The Morgan fingerprint density at radius 3 is 2.81 bits per heavy atom. The molecule has 21 heavy (non-hydrogen) atoms. The van der Waals surface area contributed by atoms with E-state index in [2.05, 4.69) is 39.6 Å². The van der Waals surface area contributed by atoms with E-state index in [9.17, 15) is 0 Å². The van der Waals surface area contributed by atoms with E-state index in [0.717, 1.165) is 18.9 Å². The fourth-order valence-corrected chi connectivity index (χ4v) is 2.57. The zero-order valence-corrected chi connectivity index (χ0v) is 13.4. The van der Waals surface area contributed by atoms with E-state index < -0.39 is 0 Å². The number of hydrogen-bond acceptors (Lipinski definition) is 5. The number of hydrogen-bond donors (Lipinski definition) is 2.